The molecule has 0 bridgehead atoms. The summed E-state index contributed by atoms with van der Waals surface area (Å²) in [6, 6.07) is 18.1. The molecule has 0 aliphatic carbocycles. The van der Waals surface area contributed by atoms with Crippen molar-refractivity contribution in [3.8, 4) is 0 Å². The van der Waals surface area contributed by atoms with Crippen molar-refractivity contribution < 1.29 is 18.3 Å². The summed E-state index contributed by atoms with van der Waals surface area (Å²) in [6.07, 6.45) is 1.55. The fourth-order valence-electron chi connectivity index (χ4n) is 3.04. The van der Waals surface area contributed by atoms with Crippen LogP contribution in [0.5, 0.6) is 0 Å². The number of sulfonamides is 1. The second-order valence-electron chi connectivity index (χ2n) is 5.98. The molecule has 27 heavy (non-hydrogen) atoms. The molecule has 3 aromatic carbocycles. The topological polar surface area (TPSA) is 96.4 Å². The summed E-state index contributed by atoms with van der Waals surface area (Å²) in [5.74, 6) is -1.03. The first kappa shape index (κ1) is 17.0. The first-order valence-electron chi connectivity index (χ1n) is 8.08. The normalized spacial score (nSPS) is 11.6. The molecule has 0 unspecified atom stereocenters. The van der Waals surface area contributed by atoms with E-state index in [4.69, 9.17) is 0 Å². The molecule has 1 heterocycles. The summed E-state index contributed by atoms with van der Waals surface area (Å²) >= 11 is 0. The van der Waals surface area contributed by atoms with Gasteiger partial charge in [0.2, 0.25) is 0 Å². The number of benzene rings is 3. The Morgan fingerprint density at radius 1 is 0.926 bits per heavy atom. The molecule has 6 nitrogen and oxygen atoms in total. The van der Waals surface area contributed by atoms with Gasteiger partial charge in [0.05, 0.1) is 11.1 Å². The zero-order valence-corrected chi connectivity index (χ0v) is 14.8. The quantitative estimate of drug-likeness (QED) is 0.562. The number of carboxylic acids is 1. The summed E-state index contributed by atoms with van der Waals surface area (Å²) in [5.41, 5.74) is 0.902. The van der Waals surface area contributed by atoms with Crippen LogP contribution >= 0.6 is 0 Å². The molecule has 2 N–H and O–H groups in total. The number of aromatic nitrogens is 1. The number of fused-ring (bicyclic) bond motifs is 2. The maximum atomic E-state index is 12.9. The molecule has 0 fully saturated rings. The summed E-state index contributed by atoms with van der Waals surface area (Å²) in [6.45, 7) is 0. The van der Waals surface area contributed by atoms with Crippen molar-refractivity contribution in [2.75, 3.05) is 4.72 Å². The van der Waals surface area contributed by atoms with Crippen LogP contribution < -0.4 is 4.72 Å². The van der Waals surface area contributed by atoms with Crippen molar-refractivity contribution in [2.24, 2.45) is 0 Å². The third kappa shape index (κ3) is 3.09. The molecule has 134 valence electrons. The molecule has 0 amide bonds. The fraction of sp³-hybridized carbons (Fsp3) is 0. The molecule has 0 radical (unpaired) electrons. The highest BCUT2D eigenvalue weighted by molar-refractivity contribution is 7.93. The molecule has 1 aromatic heterocycles. The van der Waals surface area contributed by atoms with Crippen LogP contribution in [0.1, 0.15) is 10.4 Å². The Labute approximate surface area is 155 Å². The minimum absolute atomic E-state index is 0.0833. The number of para-hydroxylation sites is 1. The summed E-state index contributed by atoms with van der Waals surface area (Å²) < 4.78 is 28.3. The summed E-state index contributed by atoms with van der Waals surface area (Å²) in [5, 5.41) is 11.2. The highest BCUT2D eigenvalue weighted by atomic mass is 32.2. The average Bonchev–Trinajstić information content (AvgIpc) is 2.66. The molecular weight excluding hydrogens is 364 g/mol. The number of carbonyl (C=O) groups is 1. The van der Waals surface area contributed by atoms with E-state index in [0.717, 1.165) is 5.39 Å². The highest BCUT2D eigenvalue weighted by Gasteiger charge is 2.18. The first-order chi connectivity index (χ1) is 13.0. The fourth-order valence-corrected chi connectivity index (χ4v) is 4.27. The second-order valence-corrected chi connectivity index (χ2v) is 7.63. The van der Waals surface area contributed by atoms with Gasteiger partial charge in [0.25, 0.3) is 10.0 Å². The largest absolute Gasteiger partial charge is 0.478 e. The minimum atomic E-state index is -3.86. The third-order valence-corrected chi connectivity index (χ3v) is 5.66. The van der Waals surface area contributed by atoms with Gasteiger partial charge >= 0.3 is 5.97 Å². The van der Waals surface area contributed by atoms with E-state index in [0.29, 0.717) is 22.0 Å². The van der Waals surface area contributed by atoms with Crippen LogP contribution in [0.15, 0.2) is 77.8 Å². The number of anilines is 1. The minimum Gasteiger partial charge on any atom is -0.478 e. The zero-order valence-electron chi connectivity index (χ0n) is 14.0. The smallest absolute Gasteiger partial charge is 0.336 e. The van der Waals surface area contributed by atoms with Gasteiger partial charge in [-0.05, 0) is 41.1 Å². The lowest BCUT2D eigenvalue weighted by molar-refractivity contribution is 0.0699. The van der Waals surface area contributed by atoms with Crippen LogP contribution in [0, 0.1) is 0 Å². The lowest BCUT2D eigenvalue weighted by atomic mass is 10.0. The van der Waals surface area contributed by atoms with Gasteiger partial charge in [0, 0.05) is 17.3 Å². The molecule has 0 spiro atoms. The molecule has 0 aliphatic heterocycles. The van der Waals surface area contributed by atoms with Crippen molar-refractivity contribution in [1.29, 1.82) is 0 Å². The number of carboxylic acid groups (broad SMARTS) is 1. The number of nitrogens with zero attached hydrogens (tertiary/aromatic N) is 1. The molecular formula is C20H14N2O4S. The Balaban J connectivity index is 1.78. The summed E-state index contributed by atoms with van der Waals surface area (Å²) in [7, 11) is -3.86. The number of hydrogen-bond acceptors (Lipinski definition) is 4. The lowest BCUT2D eigenvalue weighted by Gasteiger charge is -2.11. The Morgan fingerprint density at radius 2 is 1.67 bits per heavy atom. The van der Waals surface area contributed by atoms with Crippen molar-refractivity contribution in [3.05, 3.63) is 78.5 Å². The molecule has 4 aromatic rings. The van der Waals surface area contributed by atoms with E-state index in [-0.39, 0.29) is 10.5 Å². The Hall–Kier alpha value is -3.45. The van der Waals surface area contributed by atoms with Gasteiger partial charge in [0.15, 0.2) is 0 Å². The molecule has 0 saturated carbocycles. The van der Waals surface area contributed by atoms with Crippen LogP contribution in [0.4, 0.5) is 5.69 Å². The van der Waals surface area contributed by atoms with E-state index >= 15 is 0 Å². The third-order valence-electron chi connectivity index (χ3n) is 4.25. The van der Waals surface area contributed by atoms with Gasteiger partial charge in [-0.2, -0.15) is 0 Å². The van der Waals surface area contributed by atoms with Gasteiger partial charge in [-0.3, -0.25) is 9.71 Å². The highest BCUT2D eigenvalue weighted by Crippen LogP contribution is 2.26. The maximum absolute atomic E-state index is 12.9. The zero-order chi connectivity index (χ0) is 19.0. The SMILES string of the molecule is O=C(O)c1cccc2cc(NS(=O)(=O)c3cccc4cccnc34)ccc12. The van der Waals surface area contributed by atoms with E-state index in [9.17, 15) is 18.3 Å². The van der Waals surface area contributed by atoms with Crippen LogP contribution in [0.3, 0.4) is 0 Å². The average molecular weight is 378 g/mol. The Kier molecular flexibility index (Phi) is 4.01. The summed E-state index contributed by atoms with van der Waals surface area (Å²) in [4.78, 5) is 15.6. The molecule has 0 aliphatic rings. The lowest BCUT2D eigenvalue weighted by Crippen LogP contribution is -2.13. The van der Waals surface area contributed by atoms with Gasteiger partial charge in [-0.15, -0.1) is 0 Å². The standard InChI is InChI=1S/C20H14N2O4S/c23-20(24)17-7-1-5-14-12-15(9-10-16(14)17)22-27(25,26)18-8-2-4-13-6-3-11-21-19(13)18/h1-12,22H,(H,23,24). The van der Waals surface area contributed by atoms with Crippen LogP contribution in [0.25, 0.3) is 21.7 Å². The van der Waals surface area contributed by atoms with E-state index in [1.54, 1.807) is 60.8 Å². The van der Waals surface area contributed by atoms with E-state index < -0.39 is 16.0 Å². The molecule has 4 rings (SSSR count). The predicted molar refractivity (Wildman–Crippen MR) is 103 cm³/mol. The van der Waals surface area contributed by atoms with Gasteiger partial charge < -0.3 is 5.11 Å². The van der Waals surface area contributed by atoms with Crippen molar-refractivity contribution in [1.82, 2.24) is 4.98 Å². The monoisotopic (exact) mass is 378 g/mol. The van der Waals surface area contributed by atoms with Crippen LogP contribution in [-0.2, 0) is 10.0 Å². The van der Waals surface area contributed by atoms with Crippen molar-refractivity contribution >= 4 is 43.4 Å². The van der Waals surface area contributed by atoms with Crippen molar-refractivity contribution in [3.63, 3.8) is 0 Å². The number of pyridine rings is 1. The molecule has 0 saturated heterocycles. The van der Waals surface area contributed by atoms with Crippen LogP contribution in [0.2, 0.25) is 0 Å². The van der Waals surface area contributed by atoms with E-state index in [1.165, 1.54) is 12.1 Å². The number of hydrogen-bond donors (Lipinski definition) is 2. The number of rotatable bonds is 4. The second kappa shape index (κ2) is 6.37. The van der Waals surface area contributed by atoms with Gasteiger partial charge in [0.1, 0.15) is 4.90 Å². The number of aromatic carboxylic acids is 1. The maximum Gasteiger partial charge on any atom is 0.336 e. The first-order valence-corrected chi connectivity index (χ1v) is 9.57. The van der Waals surface area contributed by atoms with Crippen LogP contribution in [-0.4, -0.2) is 24.5 Å². The number of nitrogens with one attached hydrogen (secondary N) is 1. The van der Waals surface area contributed by atoms with E-state index in [1.807, 2.05) is 0 Å². The molecule has 0 atom stereocenters. The Bertz CT molecular complexity index is 1290. The Morgan fingerprint density at radius 3 is 2.48 bits per heavy atom. The van der Waals surface area contributed by atoms with Crippen molar-refractivity contribution in [2.45, 2.75) is 4.90 Å². The van der Waals surface area contributed by atoms with E-state index in [2.05, 4.69) is 9.71 Å². The predicted octanol–water partition coefficient (Wildman–Crippen LogP) is 3.89. The van der Waals surface area contributed by atoms with Gasteiger partial charge in [-0.1, -0.05) is 36.4 Å². The van der Waals surface area contributed by atoms with Gasteiger partial charge in [-0.25, -0.2) is 13.2 Å². The molecule has 7 heteroatoms.